The second-order valence-corrected chi connectivity index (χ2v) is 9.22. The Kier molecular flexibility index (Phi) is 8.79. The molecule has 6 heteroatoms. The van der Waals surface area contributed by atoms with Gasteiger partial charge in [0.15, 0.2) is 11.6 Å². The van der Waals surface area contributed by atoms with Gasteiger partial charge >= 0.3 is 6.36 Å². The maximum absolute atomic E-state index is 14.0. The van der Waals surface area contributed by atoms with Crippen LogP contribution in [0.2, 0.25) is 0 Å². The third kappa shape index (κ3) is 7.80. The zero-order valence-electron chi connectivity index (χ0n) is 18.0. The average Bonchev–Trinajstić information content (AvgIpc) is 2.74. The molecule has 2 aliphatic rings. The van der Waals surface area contributed by atoms with Gasteiger partial charge in [0, 0.05) is 0 Å². The lowest BCUT2D eigenvalue weighted by atomic mass is 9.74. The van der Waals surface area contributed by atoms with Crippen LogP contribution in [0.3, 0.4) is 0 Å². The Labute approximate surface area is 182 Å². The highest BCUT2D eigenvalue weighted by atomic mass is 19.4. The first kappa shape index (κ1) is 24.1. The van der Waals surface area contributed by atoms with E-state index in [0.29, 0.717) is 18.3 Å². The molecule has 0 heterocycles. The highest BCUT2D eigenvalue weighted by Gasteiger charge is 2.33. The molecule has 3 rings (SSSR count). The van der Waals surface area contributed by atoms with Crippen LogP contribution in [0.5, 0.6) is 5.75 Å². The number of hydrogen-bond donors (Lipinski definition) is 0. The number of rotatable bonds is 8. The van der Waals surface area contributed by atoms with Crippen LogP contribution < -0.4 is 4.74 Å². The largest absolute Gasteiger partial charge is 0.573 e. The fourth-order valence-corrected chi connectivity index (χ4v) is 5.26. The first-order chi connectivity index (χ1) is 14.8. The topological polar surface area (TPSA) is 9.23 Å². The van der Waals surface area contributed by atoms with Crippen molar-refractivity contribution in [1.82, 2.24) is 0 Å². The minimum absolute atomic E-state index is 0.206. The Morgan fingerprint density at radius 2 is 1.52 bits per heavy atom. The predicted molar refractivity (Wildman–Crippen MR) is 112 cm³/mol. The number of benzene rings is 1. The SMILES string of the molecule is FCC/C=C/[C@H]1CC[C@H](CCC2CCC(c3ccc(OC(F)(F)F)c(F)c3)CC2)CC1. The number of allylic oxidation sites excluding steroid dienone is 2. The van der Waals surface area contributed by atoms with Crippen LogP contribution in [-0.2, 0) is 0 Å². The van der Waals surface area contributed by atoms with Crippen LogP contribution in [0.25, 0.3) is 0 Å². The molecule has 0 N–H and O–H groups in total. The monoisotopic (exact) mass is 444 g/mol. The number of alkyl halides is 4. The molecule has 0 aromatic heterocycles. The third-order valence-corrected chi connectivity index (χ3v) is 7.06. The van der Waals surface area contributed by atoms with Crippen molar-refractivity contribution in [2.45, 2.75) is 82.9 Å². The Bertz CT molecular complexity index is 698. The standard InChI is InChI=1S/C25H33F5O/c26-16-2-1-3-18-4-6-19(7-5-18)8-9-20-10-12-21(13-11-20)22-14-15-24(23(27)17-22)31-25(28,29)30/h1,3,14-15,17-21H,2,4-13,16H2/b3-1+/t18-,19-,20?,21?. The van der Waals surface area contributed by atoms with Crippen LogP contribution in [0.1, 0.15) is 82.1 Å². The van der Waals surface area contributed by atoms with Gasteiger partial charge < -0.3 is 4.74 Å². The van der Waals surface area contributed by atoms with E-state index in [0.717, 1.165) is 43.2 Å². The summed E-state index contributed by atoms with van der Waals surface area (Å²) in [5.74, 6) is 0.586. The molecular formula is C25H33F5O. The van der Waals surface area contributed by atoms with Gasteiger partial charge in [-0.1, -0.05) is 31.1 Å². The Hall–Kier alpha value is -1.59. The maximum atomic E-state index is 14.0. The molecule has 31 heavy (non-hydrogen) atoms. The van der Waals surface area contributed by atoms with Crippen molar-refractivity contribution < 1.29 is 26.7 Å². The molecule has 0 aliphatic heterocycles. The van der Waals surface area contributed by atoms with Crippen LogP contribution in [0, 0.1) is 23.6 Å². The molecule has 0 unspecified atom stereocenters. The van der Waals surface area contributed by atoms with Crippen molar-refractivity contribution in [2.75, 3.05) is 6.67 Å². The summed E-state index contributed by atoms with van der Waals surface area (Å²) in [4.78, 5) is 0. The van der Waals surface area contributed by atoms with Crippen LogP contribution in [-0.4, -0.2) is 13.0 Å². The predicted octanol–water partition coefficient (Wildman–Crippen LogP) is 8.50. The number of halogens is 5. The lowest BCUT2D eigenvalue weighted by Gasteiger charge is -2.31. The Morgan fingerprint density at radius 1 is 0.903 bits per heavy atom. The summed E-state index contributed by atoms with van der Waals surface area (Å²) in [6, 6.07) is 3.86. The molecule has 2 saturated carbocycles. The first-order valence-electron chi connectivity index (χ1n) is 11.6. The summed E-state index contributed by atoms with van der Waals surface area (Å²) in [6.07, 6.45) is 11.3. The van der Waals surface area contributed by atoms with Gasteiger partial charge in [-0.2, -0.15) is 0 Å². The van der Waals surface area contributed by atoms with E-state index in [1.807, 2.05) is 6.08 Å². The molecule has 0 amide bonds. The van der Waals surface area contributed by atoms with E-state index < -0.39 is 17.9 Å². The third-order valence-electron chi connectivity index (χ3n) is 7.06. The van der Waals surface area contributed by atoms with Crippen molar-refractivity contribution in [1.29, 1.82) is 0 Å². The molecule has 1 aromatic carbocycles. The van der Waals surface area contributed by atoms with Gasteiger partial charge in [-0.15, -0.1) is 13.2 Å². The van der Waals surface area contributed by atoms with Gasteiger partial charge in [-0.3, -0.25) is 4.39 Å². The van der Waals surface area contributed by atoms with Gasteiger partial charge in [0.2, 0.25) is 0 Å². The van der Waals surface area contributed by atoms with E-state index in [9.17, 15) is 22.0 Å². The van der Waals surface area contributed by atoms with Crippen molar-refractivity contribution in [3.8, 4) is 5.75 Å². The normalized spacial score (nSPS) is 27.5. The minimum Gasteiger partial charge on any atom is -0.403 e. The molecule has 0 atom stereocenters. The smallest absolute Gasteiger partial charge is 0.403 e. The number of hydrogen-bond acceptors (Lipinski definition) is 1. The lowest BCUT2D eigenvalue weighted by molar-refractivity contribution is -0.275. The molecule has 0 radical (unpaired) electrons. The van der Waals surface area contributed by atoms with Gasteiger partial charge in [-0.25, -0.2) is 4.39 Å². The van der Waals surface area contributed by atoms with Gasteiger partial charge in [0.05, 0.1) is 6.67 Å². The number of ether oxygens (including phenoxy) is 1. The zero-order chi connectivity index (χ0) is 22.3. The van der Waals surface area contributed by atoms with Crippen LogP contribution in [0.4, 0.5) is 22.0 Å². The minimum atomic E-state index is -4.88. The molecule has 0 saturated heterocycles. The molecular weight excluding hydrogens is 411 g/mol. The fourth-order valence-electron chi connectivity index (χ4n) is 5.26. The molecule has 2 fully saturated rings. The van der Waals surface area contributed by atoms with E-state index >= 15 is 0 Å². The van der Waals surface area contributed by atoms with Crippen LogP contribution >= 0.6 is 0 Å². The molecule has 174 valence electrons. The average molecular weight is 445 g/mol. The highest BCUT2D eigenvalue weighted by Crippen LogP contribution is 2.40. The fraction of sp³-hybridized carbons (Fsp3) is 0.680. The van der Waals surface area contributed by atoms with Crippen molar-refractivity contribution in [3.63, 3.8) is 0 Å². The van der Waals surface area contributed by atoms with Gasteiger partial charge in [0.1, 0.15) is 0 Å². The van der Waals surface area contributed by atoms with Crippen molar-refractivity contribution in [2.24, 2.45) is 17.8 Å². The van der Waals surface area contributed by atoms with Crippen molar-refractivity contribution in [3.05, 3.63) is 41.7 Å². The Balaban J connectivity index is 1.38. The summed E-state index contributed by atoms with van der Waals surface area (Å²) >= 11 is 0. The van der Waals surface area contributed by atoms with Crippen LogP contribution in [0.15, 0.2) is 30.4 Å². The quantitative estimate of drug-likeness (QED) is 0.288. The van der Waals surface area contributed by atoms with Gasteiger partial charge in [-0.05, 0) is 99.2 Å². The second-order valence-electron chi connectivity index (χ2n) is 9.22. The molecule has 1 nitrogen and oxygen atoms in total. The molecule has 2 aliphatic carbocycles. The lowest BCUT2D eigenvalue weighted by Crippen LogP contribution is -2.18. The molecule has 0 bridgehead atoms. The van der Waals surface area contributed by atoms with E-state index in [-0.39, 0.29) is 12.6 Å². The summed E-state index contributed by atoms with van der Waals surface area (Å²) in [5.41, 5.74) is 0.768. The highest BCUT2D eigenvalue weighted by molar-refractivity contribution is 5.31. The summed E-state index contributed by atoms with van der Waals surface area (Å²) in [6.45, 7) is -0.277. The van der Waals surface area contributed by atoms with Crippen molar-refractivity contribution >= 4 is 0 Å². The summed E-state index contributed by atoms with van der Waals surface area (Å²) < 4.78 is 66.8. The second kappa shape index (κ2) is 11.3. The summed E-state index contributed by atoms with van der Waals surface area (Å²) in [5, 5.41) is 0. The first-order valence-corrected chi connectivity index (χ1v) is 11.6. The van der Waals surface area contributed by atoms with E-state index in [2.05, 4.69) is 10.8 Å². The van der Waals surface area contributed by atoms with E-state index in [1.54, 1.807) is 6.07 Å². The zero-order valence-corrected chi connectivity index (χ0v) is 18.0. The Morgan fingerprint density at radius 3 is 2.06 bits per heavy atom. The summed E-state index contributed by atoms with van der Waals surface area (Å²) in [7, 11) is 0. The molecule has 1 aromatic rings. The van der Waals surface area contributed by atoms with E-state index in [4.69, 9.17) is 0 Å². The molecule has 0 spiro atoms. The van der Waals surface area contributed by atoms with E-state index in [1.165, 1.54) is 44.6 Å². The maximum Gasteiger partial charge on any atom is 0.573 e. The van der Waals surface area contributed by atoms with Gasteiger partial charge in [0.25, 0.3) is 0 Å².